The van der Waals surface area contributed by atoms with E-state index in [1.807, 2.05) is 5.06 Å². The van der Waals surface area contributed by atoms with Gasteiger partial charge in [0.25, 0.3) is 0 Å². The van der Waals surface area contributed by atoms with Crippen LogP contribution in [0.25, 0.3) is 0 Å². The van der Waals surface area contributed by atoms with Crippen LogP contribution in [0.5, 0.6) is 0 Å². The van der Waals surface area contributed by atoms with E-state index in [9.17, 15) is 0 Å². The number of rotatable bonds is 4. The molecule has 0 radical (unpaired) electrons. The van der Waals surface area contributed by atoms with Crippen LogP contribution in [0.15, 0.2) is 48.5 Å². The van der Waals surface area contributed by atoms with Crippen molar-refractivity contribution < 1.29 is 4.94 Å². The number of hydrogen-bond donors (Lipinski definition) is 1. The third kappa shape index (κ3) is 3.41. The van der Waals surface area contributed by atoms with Gasteiger partial charge in [-0.05, 0) is 37.2 Å². The van der Waals surface area contributed by atoms with Crippen molar-refractivity contribution in [3.8, 4) is 0 Å². The summed E-state index contributed by atoms with van der Waals surface area (Å²) in [7, 11) is 2.15. The van der Waals surface area contributed by atoms with E-state index in [0.717, 1.165) is 32.6 Å². The Morgan fingerprint density at radius 2 is 1.44 bits per heavy atom. The van der Waals surface area contributed by atoms with Crippen LogP contribution in [0, 0.1) is 0 Å². The van der Waals surface area contributed by atoms with E-state index in [1.54, 1.807) is 0 Å². The monoisotopic (exact) mass is 338 g/mol. The molecule has 25 heavy (non-hydrogen) atoms. The van der Waals surface area contributed by atoms with Gasteiger partial charge in [0, 0.05) is 44.0 Å². The standard InChI is InChI=1S/C20H26N4O/c1-16(21-25-23-13-11-22(2)12-14-23)24-19-9-5-3-7-17(19)15-18-8-4-6-10-20(18)24/h3-10,16,21H,11-15H2,1-2H3. The van der Waals surface area contributed by atoms with Gasteiger partial charge in [-0.2, -0.15) is 10.5 Å². The molecule has 2 heterocycles. The molecule has 0 bridgehead atoms. The molecule has 2 aromatic carbocycles. The summed E-state index contributed by atoms with van der Waals surface area (Å²) in [4.78, 5) is 10.5. The van der Waals surface area contributed by atoms with Gasteiger partial charge >= 0.3 is 0 Å². The fourth-order valence-electron chi connectivity index (χ4n) is 3.63. The molecule has 1 fully saturated rings. The summed E-state index contributed by atoms with van der Waals surface area (Å²) in [6.45, 7) is 6.05. The molecule has 132 valence electrons. The van der Waals surface area contributed by atoms with E-state index < -0.39 is 0 Å². The molecule has 5 heteroatoms. The van der Waals surface area contributed by atoms with Crippen LogP contribution >= 0.6 is 0 Å². The van der Waals surface area contributed by atoms with Crippen LogP contribution in [0.3, 0.4) is 0 Å². The average molecular weight is 338 g/mol. The van der Waals surface area contributed by atoms with E-state index in [4.69, 9.17) is 4.94 Å². The molecule has 1 unspecified atom stereocenters. The molecule has 0 amide bonds. The van der Waals surface area contributed by atoms with Gasteiger partial charge in [0.2, 0.25) is 0 Å². The van der Waals surface area contributed by atoms with E-state index in [1.165, 1.54) is 22.5 Å². The van der Waals surface area contributed by atoms with Crippen LogP contribution in [-0.2, 0) is 11.4 Å². The van der Waals surface area contributed by atoms with Crippen molar-refractivity contribution >= 4 is 11.4 Å². The molecule has 0 saturated carbocycles. The van der Waals surface area contributed by atoms with Gasteiger partial charge in [-0.15, -0.1) is 0 Å². The maximum atomic E-state index is 5.89. The van der Waals surface area contributed by atoms with E-state index in [0.29, 0.717) is 0 Å². The van der Waals surface area contributed by atoms with Crippen molar-refractivity contribution in [1.82, 2.24) is 15.4 Å². The highest BCUT2D eigenvalue weighted by Crippen LogP contribution is 2.39. The second kappa shape index (κ2) is 7.14. The first kappa shape index (κ1) is 16.5. The molecular weight excluding hydrogens is 312 g/mol. The Kier molecular flexibility index (Phi) is 4.72. The number of hydroxylamine groups is 3. The number of para-hydroxylation sites is 2. The molecular formula is C20H26N4O. The van der Waals surface area contributed by atoms with Crippen LogP contribution in [-0.4, -0.2) is 49.4 Å². The van der Waals surface area contributed by atoms with Crippen molar-refractivity contribution in [2.75, 3.05) is 38.1 Å². The van der Waals surface area contributed by atoms with Crippen molar-refractivity contribution in [2.24, 2.45) is 0 Å². The van der Waals surface area contributed by atoms with Gasteiger partial charge in [0.15, 0.2) is 0 Å². The number of benzene rings is 2. The Morgan fingerprint density at radius 3 is 2.04 bits per heavy atom. The summed E-state index contributed by atoms with van der Waals surface area (Å²) >= 11 is 0. The van der Waals surface area contributed by atoms with Crippen LogP contribution in [0.4, 0.5) is 11.4 Å². The Balaban J connectivity index is 1.52. The second-order valence-electron chi connectivity index (χ2n) is 6.92. The smallest absolute Gasteiger partial charge is 0.106 e. The topological polar surface area (TPSA) is 31.0 Å². The minimum absolute atomic E-state index is 0.0299. The summed E-state index contributed by atoms with van der Waals surface area (Å²) in [6.07, 6.45) is 1.01. The second-order valence-corrected chi connectivity index (χ2v) is 6.92. The maximum absolute atomic E-state index is 5.89. The minimum atomic E-state index is 0.0299. The van der Waals surface area contributed by atoms with Crippen LogP contribution in [0.2, 0.25) is 0 Å². The zero-order chi connectivity index (χ0) is 17.2. The number of nitrogens with zero attached hydrogens (tertiary/aromatic N) is 3. The lowest BCUT2D eigenvalue weighted by atomic mass is 9.95. The highest BCUT2D eigenvalue weighted by molar-refractivity contribution is 5.74. The number of likely N-dealkylation sites (N-methyl/N-ethyl adjacent to an activating group) is 1. The van der Waals surface area contributed by atoms with Gasteiger partial charge in [-0.1, -0.05) is 36.4 Å². The fourth-order valence-corrected chi connectivity index (χ4v) is 3.63. The lowest BCUT2D eigenvalue weighted by Crippen LogP contribution is -2.50. The molecule has 0 spiro atoms. The van der Waals surface area contributed by atoms with Gasteiger partial charge in [0.05, 0.1) is 0 Å². The molecule has 5 nitrogen and oxygen atoms in total. The first-order valence-corrected chi connectivity index (χ1v) is 9.03. The Bertz CT molecular complexity index is 682. The van der Waals surface area contributed by atoms with Gasteiger partial charge in [0.1, 0.15) is 6.17 Å². The number of anilines is 2. The molecule has 1 atom stereocenters. The Labute approximate surface area is 149 Å². The largest absolute Gasteiger partial charge is 0.323 e. The first-order chi connectivity index (χ1) is 12.2. The summed E-state index contributed by atoms with van der Waals surface area (Å²) < 4.78 is 0. The summed E-state index contributed by atoms with van der Waals surface area (Å²) in [5.41, 5.74) is 8.47. The maximum Gasteiger partial charge on any atom is 0.106 e. The normalized spacial score (nSPS) is 19.4. The fraction of sp³-hybridized carbons (Fsp3) is 0.400. The summed E-state index contributed by atoms with van der Waals surface area (Å²) in [5, 5.41) is 2.01. The van der Waals surface area contributed by atoms with Gasteiger partial charge in [-0.25, -0.2) is 4.94 Å². The Morgan fingerprint density at radius 1 is 0.880 bits per heavy atom. The number of hydrogen-bond acceptors (Lipinski definition) is 5. The molecule has 0 aromatic heterocycles. The number of fused-ring (bicyclic) bond motifs is 2. The predicted molar refractivity (Wildman–Crippen MR) is 101 cm³/mol. The van der Waals surface area contributed by atoms with Gasteiger partial charge < -0.3 is 9.80 Å². The van der Waals surface area contributed by atoms with E-state index in [-0.39, 0.29) is 6.17 Å². The first-order valence-electron chi connectivity index (χ1n) is 9.03. The number of nitrogens with one attached hydrogen (secondary N) is 1. The zero-order valence-corrected chi connectivity index (χ0v) is 15.0. The molecule has 2 aliphatic rings. The van der Waals surface area contributed by atoms with E-state index in [2.05, 4.69) is 77.8 Å². The van der Waals surface area contributed by atoms with Gasteiger partial charge in [-0.3, -0.25) is 0 Å². The molecule has 1 saturated heterocycles. The molecule has 1 N–H and O–H groups in total. The third-order valence-electron chi connectivity index (χ3n) is 5.09. The Hall–Kier alpha value is -1.92. The summed E-state index contributed by atoms with van der Waals surface area (Å²) in [6, 6.07) is 17.3. The van der Waals surface area contributed by atoms with Crippen molar-refractivity contribution in [3.05, 3.63) is 59.7 Å². The lowest BCUT2D eigenvalue weighted by molar-refractivity contribution is -0.229. The SMILES string of the molecule is CC(NON1CCN(C)CC1)N1c2ccccc2Cc2ccccc21. The van der Waals surface area contributed by atoms with Crippen molar-refractivity contribution in [2.45, 2.75) is 19.5 Å². The molecule has 0 aliphatic carbocycles. The quantitative estimate of drug-likeness (QED) is 0.867. The van der Waals surface area contributed by atoms with Crippen LogP contribution in [0.1, 0.15) is 18.1 Å². The average Bonchev–Trinajstić information content (AvgIpc) is 2.65. The molecule has 2 aliphatic heterocycles. The lowest BCUT2D eigenvalue weighted by Gasteiger charge is -2.39. The highest BCUT2D eigenvalue weighted by atomic mass is 16.8. The highest BCUT2D eigenvalue weighted by Gasteiger charge is 2.26. The molecule has 4 rings (SSSR count). The van der Waals surface area contributed by atoms with Crippen LogP contribution < -0.4 is 10.4 Å². The number of piperazine rings is 1. The zero-order valence-electron chi connectivity index (χ0n) is 15.0. The predicted octanol–water partition coefficient (Wildman–Crippen LogP) is 2.76. The third-order valence-corrected chi connectivity index (χ3v) is 5.09. The summed E-state index contributed by atoms with van der Waals surface area (Å²) in [5.74, 6) is 0. The molecule has 2 aromatic rings. The van der Waals surface area contributed by atoms with E-state index >= 15 is 0 Å². The minimum Gasteiger partial charge on any atom is -0.323 e. The van der Waals surface area contributed by atoms with Crippen molar-refractivity contribution in [3.63, 3.8) is 0 Å². The van der Waals surface area contributed by atoms with Crippen molar-refractivity contribution in [1.29, 1.82) is 0 Å².